The molecule has 0 aliphatic carbocycles. The monoisotopic (exact) mass is 435 g/mol. The third kappa shape index (κ3) is 5.42. The zero-order chi connectivity index (χ0) is 23.1. The van der Waals surface area contributed by atoms with E-state index < -0.39 is 17.9 Å². The Morgan fingerprint density at radius 3 is 2.28 bits per heavy atom. The third-order valence-corrected chi connectivity index (χ3v) is 5.37. The topological polar surface area (TPSA) is 80.8 Å². The number of allylic oxidation sites excluding steroid dienone is 2. The lowest BCUT2D eigenvalue weighted by atomic mass is 9.83. The van der Waals surface area contributed by atoms with Gasteiger partial charge < -0.3 is 14.8 Å². The molecule has 2 aromatic rings. The standard InChI is InChI=1S/C25H29N3O4/c1-17-21(24(29)31-4)23(20-12-8-9-13-26-20)22(18(2)27-17)25(30)32-15-14-28(3)16-19-10-6-5-7-11-19/h5-13,23,27H,14-16H2,1-4H3. The Hall–Kier alpha value is -3.45. The molecule has 1 N–H and O–H groups in total. The second-order valence-corrected chi connectivity index (χ2v) is 7.74. The predicted molar refractivity (Wildman–Crippen MR) is 121 cm³/mol. The van der Waals surface area contributed by atoms with Crippen molar-refractivity contribution in [3.05, 3.63) is 88.5 Å². The number of pyridine rings is 1. The maximum Gasteiger partial charge on any atom is 0.336 e. The van der Waals surface area contributed by atoms with E-state index in [1.54, 1.807) is 32.2 Å². The van der Waals surface area contributed by atoms with Crippen molar-refractivity contribution in [3.8, 4) is 0 Å². The number of esters is 2. The van der Waals surface area contributed by atoms with Gasteiger partial charge >= 0.3 is 11.9 Å². The van der Waals surface area contributed by atoms with Gasteiger partial charge in [-0.1, -0.05) is 36.4 Å². The first-order chi connectivity index (χ1) is 15.4. The first kappa shape index (κ1) is 23.2. The number of likely N-dealkylation sites (N-methyl/N-ethyl adjacent to an activating group) is 1. The lowest BCUT2D eigenvalue weighted by molar-refractivity contribution is -0.139. The third-order valence-electron chi connectivity index (χ3n) is 5.37. The summed E-state index contributed by atoms with van der Waals surface area (Å²) in [4.78, 5) is 32.2. The minimum absolute atomic E-state index is 0.226. The number of carbonyl (C=O) groups is 2. The molecule has 1 aliphatic rings. The summed E-state index contributed by atoms with van der Waals surface area (Å²) in [6.07, 6.45) is 1.64. The Morgan fingerprint density at radius 2 is 1.66 bits per heavy atom. The molecule has 0 radical (unpaired) electrons. The van der Waals surface area contributed by atoms with Gasteiger partial charge in [0.25, 0.3) is 0 Å². The van der Waals surface area contributed by atoms with E-state index in [4.69, 9.17) is 9.47 Å². The van der Waals surface area contributed by atoms with Gasteiger partial charge in [0.2, 0.25) is 0 Å². The molecule has 0 spiro atoms. The summed E-state index contributed by atoms with van der Waals surface area (Å²) in [5.41, 5.74) is 3.75. The molecule has 3 rings (SSSR count). The van der Waals surface area contributed by atoms with Crippen molar-refractivity contribution in [1.29, 1.82) is 0 Å². The van der Waals surface area contributed by atoms with Crippen LogP contribution in [0.2, 0.25) is 0 Å². The molecule has 32 heavy (non-hydrogen) atoms. The summed E-state index contributed by atoms with van der Waals surface area (Å²) in [6.45, 7) is 5.14. The van der Waals surface area contributed by atoms with Crippen molar-refractivity contribution in [2.45, 2.75) is 26.3 Å². The molecule has 1 atom stereocenters. The molecule has 0 saturated heterocycles. The van der Waals surface area contributed by atoms with Crippen molar-refractivity contribution < 1.29 is 19.1 Å². The highest BCUT2D eigenvalue weighted by molar-refractivity contribution is 5.99. The van der Waals surface area contributed by atoms with Crippen LogP contribution in [0, 0.1) is 0 Å². The van der Waals surface area contributed by atoms with Gasteiger partial charge in [0.05, 0.1) is 29.9 Å². The number of hydrogen-bond acceptors (Lipinski definition) is 7. The van der Waals surface area contributed by atoms with Gasteiger partial charge in [-0.3, -0.25) is 9.88 Å². The molecule has 1 aliphatic heterocycles. The van der Waals surface area contributed by atoms with Crippen LogP contribution in [0.15, 0.2) is 77.3 Å². The summed E-state index contributed by atoms with van der Waals surface area (Å²) in [6, 6.07) is 15.5. The number of methoxy groups -OCH3 is 1. The normalized spacial score (nSPS) is 16.1. The van der Waals surface area contributed by atoms with Crippen LogP contribution in [0.3, 0.4) is 0 Å². The largest absolute Gasteiger partial charge is 0.466 e. The van der Waals surface area contributed by atoms with Crippen LogP contribution in [0.5, 0.6) is 0 Å². The van der Waals surface area contributed by atoms with Crippen molar-refractivity contribution in [2.75, 3.05) is 27.3 Å². The van der Waals surface area contributed by atoms with E-state index in [0.717, 1.165) is 6.54 Å². The first-order valence-corrected chi connectivity index (χ1v) is 10.5. The number of aromatic nitrogens is 1. The van der Waals surface area contributed by atoms with E-state index in [1.807, 2.05) is 31.3 Å². The second-order valence-electron chi connectivity index (χ2n) is 7.74. The number of dihydropyridines is 1. The Labute approximate surface area is 188 Å². The molecule has 7 nitrogen and oxygen atoms in total. The van der Waals surface area contributed by atoms with Crippen LogP contribution in [0.1, 0.15) is 31.0 Å². The number of nitrogens with one attached hydrogen (secondary N) is 1. The maximum absolute atomic E-state index is 13.2. The van der Waals surface area contributed by atoms with E-state index >= 15 is 0 Å². The molecule has 0 saturated carbocycles. The van der Waals surface area contributed by atoms with Crippen molar-refractivity contribution in [2.24, 2.45) is 0 Å². The molecule has 0 bridgehead atoms. The summed E-state index contributed by atoms with van der Waals surface area (Å²) in [7, 11) is 3.30. The molecular formula is C25H29N3O4. The lowest BCUT2D eigenvalue weighted by Gasteiger charge is -2.29. The molecule has 0 amide bonds. The average molecular weight is 436 g/mol. The van der Waals surface area contributed by atoms with Gasteiger partial charge in [-0.15, -0.1) is 0 Å². The molecule has 0 fully saturated rings. The quantitative estimate of drug-likeness (QED) is 0.638. The lowest BCUT2D eigenvalue weighted by Crippen LogP contribution is -2.33. The summed E-state index contributed by atoms with van der Waals surface area (Å²) in [5, 5.41) is 3.13. The predicted octanol–water partition coefficient (Wildman–Crippen LogP) is 3.16. The Kier molecular flexibility index (Phi) is 7.78. The average Bonchev–Trinajstić information content (AvgIpc) is 2.79. The van der Waals surface area contributed by atoms with Gasteiger partial charge in [-0.05, 0) is 38.6 Å². The van der Waals surface area contributed by atoms with E-state index in [1.165, 1.54) is 12.7 Å². The van der Waals surface area contributed by atoms with Crippen LogP contribution in [0.25, 0.3) is 0 Å². The summed E-state index contributed by atoms with van der Waals surface area (Å²) >= 11 is 0. The van der Waals surface area contributed by atoms with Crippen molar-refractivity contribution >= 4 is 11.9 Å². The fraction of sp³-hybridized carbons (Fsp3) is 0.320. The van der Waals surface area contributed by atoms with Crippen LogP contribution in [-0.4, -0.2) is 49.1 Å². The Bertz CT molecular complexity index is 1020. The van der Waals surface area contributed by atoms with Gasteiger partial charge in [-0.25, -0.2) is 9.59 Å². The number of hydrogen-bond donors (Lipinski definition) is 1. The SMILES string of the molecule is COC(=O)C1=C(C)NC(C)=C(C(=O)OCCN(C)Cc2ccccc2)C1c1ccccn1. The highest BCUT2D eigenvalue weighted by Gasteiger charge is 2.38. The van der Waals surface area contributed by atoms with E-state index in [9.17, 15) is 9.59 Å². The number of rotatable bonds is 8. The van der Waals surface area contributed by atoms with Crippen LogP contribution >= 0.6 is 0 Å². The summed E-state index contributed by atoms with van der Waals surface area (Å²) in [5.74, 6) is -1.65. The summed E-state index contributed by atoms with van der Waals surface area (Å²) < 4.78 is 10.6. The first-order valence-electron chi connectivity index (χ1n) is 10.5. The maximum atomic E-state index is 13.2. The Morgan fingerprint density at radius 1 is 1.00 bits per heavy atom. The van der Waals surface area contributed by atoms with Crippen molar-refractivity contribution in [3.63, 3.8) is 0 Å². The fourth-order valence-corrected chi connectivity index (χ4v) is 3.83. The van der Waals surface area contributed by atoms with Crippen molar-refractivity contribution in [1.82, 2.24) is 15.2 Å². The van der Waals surface area contributed by atoms with Crippen LogP contribution in [0.4, 0.5) is 0 Å². The Balaban J connectivity index is 1.75. The number of ether oxygens (including phenoxy) is 2. The minimum Gasteiger partial charge on any atom is -0.466 e. The molecular weight excluding hydrogens is 406 g/mol. The number of carbonyl (C=O) groups excluding carboxylic acids is 2. The van der Waals surface area contributed by atoms with E-state index in [-0.39, 0.29) is 6.61 Å². The number of benzene rings is 1. The highest BCUT2D eigenvalue weighted by Crippen LogP contribution is 2.38. The molecule has 1 unspecified atom stereocenters. The van der Waals surface area contributed by atoms with Gasteiger partial charge in [0, 0.05) is 30.7 Å². The second kappa shape index (κ2) is 10.7. The van der Waals surface area contributed by atoms with Gasteiger partial charge in [-0.2, -0.15) is 0 Å². The fourth-order valence-electron chi connectivity index (χ4n) is 3.83. The molecule has 7 heteroatoms. The molecule has 2 heterocycles. The minimum atomic E-state index is -0.667. The zero-order valence-corrected chi connectivity index (χ0v) is 18.9. The molecule has 1 aromatic carbocycles. The van der Waals surface area contributed by atoms with Gasteiger partial charge in [0.1, 0.15) is 6.61 Å². The van der Waals surface area contributed by atoms with E-state index in [2.05, 4.69) is 27.3 Å². The smallest absolute Gasteiger partial charge is 0.336 e. The number of nitrogens with zero attached hydrogens (tertiary/aromatic N) is 2. The highest BCUT2D eigenvalue weighted by atomic mass is 16.5. The van der Waals surface area contributed by atoms with Gasteiger partial charge in [0.15, 0.2) is 0 Å². The van der Waals surface area contributed by atoms with E-state index in [0.29, 0.717) is 34.8 Å². The molecule has 168 valence electrons. The van der Waals surface area contributed by atoms with Crippen LogP contribution < -0.4 is 5.32 Å². The zero-order valence-electron chi connectivity index (χ0n) is 18.9. The van der Waals surface area contributed by atoms with Crippen LogP contribution in [-0.2, 0) is 25.6 Å². The molecule has 1 aromatic heterocycles.